The summed E-state index contributed by atoms with van der Waals surface area (Å²) in [5.74, 6) is 0.0235. The Labute approximate surface area is 120 Å². The van der Waals surface area contributed by atoms with Crippen LogP contribution < -0.4 is 5.73 Å². The standard InChI is InChI=1S/C16H22N2O2/c1-16(20-2)9-4-10-18(12-16)15(19)8-7-13-5-3-6-14(17)11-13/h3,5-8,11H,4,9-10,12,17H2,1-2H3/b8-7+. The van der Waals surface area contributed by atoms with Gasteiger partial charge >= 0.3 is 0 Å². The van der Waals surface area contributed by atoms with Crippen molar-refractivity contribution in [2.45, 2.75) is 25.4 Å². The van der Waals surface area contributed by atoms with Gasteiger partial charge in [0, 0.05) is 32.0 Å². The largest absolute Gasteiger partial charge is 0.399 e. The Balaban J connectivity index is 2.01. The molecule has 0 bridgehead atoms. The number of ether oxygens (including phenoxy) is 1. The Hall–Kier alpha value is -1.81. The number of hydrogen-bond acceptors (Lipinski definition) is 3. The van der Waals surface area contributed by atoms with Gasteiger partial charge in [0.05, 0.1) is 5.60 Å². The van der Waals surface area contributed by atoms with E-state index in [0.29, 0.717) is 12.2 Å². The molecule has 108 valence electrons. The van der Waals surface area contributed by atoms with Crippen LogP contribution in [0.2, 0.25) is 0 Å². The Morgan fingerprint density at radius 2 is 2.30 bits per heavy atom. The summed E-state index contributed by atoms with van der Waals surface area (Å²) in [7, 11) is 1.70. The van der Waals surface area contributed by atoms with Crippen molar-refractivity contribution < 1.29 is 9.53 Å². The lowest BCUT2D eigenvalue weighted by Gasteiger charge is -2.39. The van der Waals surface area contributed by atoms with Crippen LogP contribution in [0.5, 0.6) is 0 Å². The van der Waals surface area contributed by atoms with Crippen molar-refractivity contribution in [2.24, 2.45) is 0 Å². The number of nitrogens with zero attached hydrogens (tertiary/aromatic N) is 1. The minimum absolute atomic E-state index is 0.0235. The summed E-state index contributed by atoms with van der Waals surface area (Å²) in [5.41, 5.74) is 7.13. The van der Waals surface area contributed by atoms with Crippen LogP contribution >= 0.6 is 0 Å². The van der Waals surface area contributed by atoms with Crippen molar-refractivity contribution in [1.29, 1.82) is 0 Å². The molecule has 1 unspecified atom stereocenters. The van der Waals surface area contributed by atoms with Gasteiger partial charge < -0.3 is 15.4 Å². The molecule has 1 aromatic carbocycles. The highest BCUT2D eigenvalue weighted by atomic mass is 16.5. The maximum Gasteiger partial charge on any atom is 0.246 e. The van der Waals surface area contributed by atoms with E-state index in [1.54, 1.807) is 19.3 Å². The average Bonchev–Trinajstić information content (AvgIpc) is 2.45. The lowest BCUT2D eigenvalue weighted by atomic mass is 9.94. The lowest BCUT2D eigenvalue weighted by Crippen LogP contribution is -2.49. The summed E-state index contributed by atoms with van der Waals surface area (Å²) in [4.78, 5) is 14.1. The van der Waals surface area contributed by atoms with Crippen molar-refractivity contribution in [3.8, 4) is 0 Å². The number of rotatable bonds is 3. The van der Waals surface area contributed by atoms with Gasteiger partial charge in [-0.2, -0.15) is 0 Å². The number of anilines is 1. The Kier molecular flexibility index (Phi) is 4.45. The van der Waals surface area contributed by atoms with E-state index in [9.17, 15) is 4.79 Å². The number of nitrogen functional groups attached to an aromatic ring is 1. The van der Waals surface area contributed by atoms with E-state index in [1.165, 1.54) is 0 Å². The zero-order chi connectivity index (χ0) is 14.6. The topological polar surface area (TPSA) is 55.6 Å². The summed E-state index contributed by atoms with van der Waals surface area (Å²) in [5, 5.41) is 0. The fourth-order valence-electron chi connectivity index (χ4n) is 2.50. The number of carbonyl (C=O) groups is 1. The summed E-state index contributed by atoms with van der Waals surface area (Å²) < 4.78 is 5.50. The Morgan fingerprint density at radius 3 is 3.00 bits per heavy atom. The van der Waals surface area contributed by atoms with Crippen LogP contribution in [0.15, 0.2) is 30.3 Å². The molecule has 2 rings (SSSR count). The molecule has 0 spiro atoms. The van der Waals surface area contributed by atoms with E-state index < -0.39 is 0 Å². The number of methoxy groups -OCH3 is 1. The molecule has 0 radical (unpaired) electrons. The van der Waals surface area contributed by atoms with Gasteiger partial charge in [-0.25, -0.2) is 0 Å². The molecule has 1 atom stereocenters. The normalized spacial score (nSPS) is 23.2. The molecule has 1 amide bonds. The van der Waals surface area contributed by atoms with Gasteiger partial charge in [-0.1, -0.05) is 12.1 Å². The van der Waals surface area contributed by atoms with Crippen LogP contribution in [-0.4, -0.2) is 36.6 Å². The first-order valence-corrected chi connectivity index (χ1v) is 6.90. The zero-order valence-corrected chi connectivity index (χ0v) is 12.1. The highest BCUT2D eigenvalue weighted by molar-refractivity contribution is 5.92. The number of likely N-dealkylation sites (tertiary alicyclic amines) is 1. The molecule has 1 aromatic rings. The van der Waals surface area contributed by atoms with Gasteiger partial charge in [0.1, 0.15) is 0 Å². The van der Waals surface area contributed by atoms with Gasteiger partial charge in [0.2, 0.25) is 5.91 Å². The number of amides is 1. The molecule has 0 aliphatic carbocycles. The maximum atomic E-state index is 12.2. The van der Waals surface area contributed by atoms with Crippen LogP contribution in [0, 0.1) is 0 Å². The molecule has 1 heterocycles. The zero-order valence-electron chi connectivity index (χ0n) is 12.1. The van der Waals surface area contributed by atoms with Crippen LogP contribution in [0.1, 0.15) is 25.3 Å². The summed E-state index contributed by atoms with van der Waals surface area (Å²) in [6.07, 6.45) is 5.38. The minimum atomic E-state index is -0.223. The van der Waals surface area contributed by atoms with E-state index in [1.807, 2.05) is 36.1 Å². The minimum Gasteiger partial charge on any atom is -0.399 e. The van der Waals surface area contributed by atoms with Crippen LogP contribution in [0.3, 0.4) is 0 Å². The number of nitrogens with two attached hydrogens (primary N) is 1. The second-order valence-corrected chi connectivity index (χ2v) is 5.52. The van der Waals surface area contributed by atoms with Gasteiger partial charge in [0.25, 0.3) is 0 Å². The van der Waals surface area contributed by atoms with Crippen LogP contribution in [0.4, 0.5) is 5.69 Å². The summed E-state index contributed by atoms with van der Waals surface area (Å²) in [6, 6.07) is 7.48. The first-order chi connectivity index (χ1) is 9.52. The predicted octanol–water partition coefficient (Wildman–Crippen LogP) is 2.31. The average molecular weight is 274 g/mol. The second-order valence-electron chi connectivity index (χ2n) is 5.52. The third kappa shape index (κ3) is 3.61. The van der Waals surface area contributed by atoms with Crippen molar-refractivity contribution in [3.05, 3.63) is 35.9 Å². The third-order valence-corrected chi connectivity index (χ3v) is 3.79. The molecule has 1 saturated heterocycles. The molecule has 20 heavy (non-hydrogen) atoms. The van der Waals surface area contributed by atoms with Crippen LogP contribution in [-0.2, 0) is 9.53 Å². The number of piperidine rings is 1. The van der Waals surface area contributed by atoms with Gasteiger partial charge in [-0.15, -0.1) is 0 Å². The summed E-state index contributed by atoms with van der Waals surface area (Å²) in [6.45, 7) is 3.48. The SMILES string of the molecule is COC1(C)CCCN(C(=O)/C=C/c2cccc(N)c2)C1. The molecule has 2 N–H and O–H groups in total. The quantitative estimate of drug-likeness (QED) is 0.679. The number of hydrogen-bond donors (Lipinski definition) is 1. The van der Waals surface area contributed by atoms with Crippen molar-refractivity contribution in [1.82, 2.24) is 4.90 Å². The molecule has 0 saturated carbocycles. The highest BCUT2D eigenvalue weighted by Crippen LogP contribution is 2.24. The van der Waals surface area contributed by atoms with E-state index in [-0.39, 0.29) is 11.5 Å². The lowest BCUT2D eigenvalue weighted by molar-refractivity contribution is -0.133. The Morgan fingerprint density at radius 1 is 1.50 bits per heavy atom. The van der Waals surface area contributed by atoms with Crippen molar-refractivity contribution in [2.75, 3.05) is 25.9 Å². The van der Waals surface area contributed by atoms with E-state index >= 15 is 0 Å². The molecule has 1 fully saturated rings. The second kappa shape index (κ2) is 6.09. The monoisotopic (exact) mass is 274 g/mol. The molecule has 4 nitrogen and oxygen atoms in total. The molecule has 0 aromatic heterocycles. The molecule has 1 aliphatic rings. The van der Waals surface area contributed by atoms with Crippen molar-refractivity contribution >= 4 is 17.7 Å². The first kappa shape index (κ1) is 14.6. The number of carbonyl (C=O) groups excluding carboxylic acids is 1. The number of benzene rings is 1. The first-order valence-electron chi connectivity index (χ1n) is 6.90. The third-order valence-electron chi connectivity index (χ3n) is 3.79. The highest BCUT2D eigenvalue weighted by Gasteiger charge is 2.32. The molecule has 1 aliphatic heterocycles. The van der Waals surface area contributed by atoms with Crippen LogP contribution in [0.25, 0.3) is 6.08 Å². The van der Waals surface area contributed by atoms with E-state index in [0.717, 1.165) is 24.9 Å². The van der Waals surface area contributed by atoms with Gasteiger partial charge in [0.15, 0.2) is 0 Å². The molecular formula is C16H22N2O2. The molecule has 4 heteroatoms. The van der Waals surface area contributed by atoms with Crippen molar-refractivity contribution in [3.63, 3.8) is 0 Å². The molecular weight excluding hydrogens is 252 g/mol. The van der Waals surface area contributed by atoms with E-state index in [2.05, 4.69) is 0 Å². The van der Waals surface area contributed by atoms with Gasteiger partial charge in [-0.05, 0) is 43.5 Å². The smallest absolute Gasteiger partial charge is 0.246 e. The fourth-order valence-corrected chi connectivity index (χ4v) is 2.50. The maximum absolute atomic E-state index is 12.2. The van der Waals surface area contributed by atoms with Gasteiger partial charge in [-0.3, -0.25) is 4.79 Å². The fraction of sp³-hybridized carbons (Fsp3) is 0.438. The predicted molar refractivity (Wildman–Crippen MR) is 81.1 cm³/mol. The Bertz CT molecular complexity index is 513. The van der Waals surface area contributed by atoms with E-state index in [4.69, 9.17) is 10.5 Å². The summed E-state index contributed by atoms with van der Waals surface area (Å²) >= 11 is 0.